The number of hydrogen-bond acceptors (Lipinski definition) is 3. The summed E-state index contributed by atoms with van der Waals surface area (Å²) in [5.41, 5.74) is 5.89. The number of nitrogens with one attached hydrogen (secondary N) is 1. The summed E-state index contributed by atoms with van der Waals surface area (Å²) in [6, 6.07) is 18.9. The first-order chi connectivity index (χ1) is 14.4. The summed E-state index contributed by atoms with van der Waals surface area (Å²) < 4.78 is 5.92. The van der Waals surface area contributed by atoms with Crippen LogP contribution in [0, 0.1) is 6.92 Å². The molecule has 0 spiro atoms. The zero-order chi connectivity index (χ0) is 21.3. The maximum Gasteiger partial charge on any atom is 0.255 e. The summed E-state index contributed by atoms with van der Waals surface area (Å²) in [4.78, 5) is 17.1. The highest BCUT2D eigenvalue weighted by Gasteiger charge is 2.12. The highest BCUT2D eigenvalue weighted by Crippen LogP contribution is 2.28. The van der Waals surface area contributed by atoms with Crippen LogP contribution < -0.4 is 5.32 Å². The van der Waals surface area contributed by atoms with Gasteiger partial charge < -0.3 is 9.73 Å². The van der Waals surface area contributed by atoms with Crippen LogP contribution >= 0.6 is 11.6 Å². The molecule has 0 saturated heterocycles. The van der Waals surface area contributed by atoms with Gasteiger partial charge in [-0.15, -0.1) is 0 Å². The monoisotopic (exact) mass is 418 g/mol. The molecule has 0 aliphatic rings. The van der Waals surface area contributed by atoms with Gasteiger partial charge in [-0.1, -0.05) is 37.6 Å². The molecule has 0 saturated carbocycles. The summed E-state index contributed by atoms with van der Waals surface area (Å²) in [7, 11) is 0. The fourth-order valence-corrected chi connectivity index (χ4v) is 3.42. The molecule has 0 aliphatic heterocycles. The van der Waals surface area contributed by atoms with E-state index in [4.69, 9.17) is 16.0 Å². The van der Waals surface area contributed by atoms with E-state index >= 15 is 0 Å². The third kappa shape index (κ3) is 4.10. The smallest absolute Gasteiger partial charge is 0.255 e. The van der Waals surface area contributed by atoms with Crippen LogP contribution in [-0.2, 0) is 0 Å². The number of anilines is 1. The fourth-order valence-electron chi connectivity index (χ4n) is 3.24. The van der Waals surface area contributed by atoms with Crippen LogP contribution in [0.15, 0.2) is 65.1 Å². The third-order valence-electron chi connectivity index (χ3n) is 5.42. The van der Waals surface area contributed by atoms with Gasteiger partial charge in [-0.3, -0.25) is 4.79 Å². The number of benzene rings is 3. The summed E-state index contributed by atoms with van der Waals surface area (Å²) >= 11 is 6.12. The maximum atomic E-state index is 12.5. The molecular weight excluding hydrogens is 396 g/mol. The number of carbonyl (C=O) groups excluding carboxylic acids is 1. The summed E-state index contributed by atoms with van der Waals surface area (Å²) in [6.07, 6.45) is 1.08. The molecule has 4 rings (SSSR count). The molecule has 5 heteroatoms. The van der Waals surface area contributed by atoms with E-state index in [-0.39, 0.29) is 5.91 Å². The van der Waals surface area contributed by atoms with Crippen LogP contribution in [0.4, 0.5) is 5.69 Å². The number of hydrogen-bond donors (Lipinski definition) is 1. The average molecular weight is 419 g/mol. The Morgan fingerprint density at radius 3 is 2.57 bits per heavy atom. The Balaban J connectivity index is 1.53. The van der Waals surface area contributed by atoms with Gasteiger partial charge in [0.25, 0.3) is 5.91 Å². The Labute approximate surface area is 180 Å². The van der Waals surface area contributed by atoms with Crippen LogP contribution in [0.25, 0.3) is 22.6 Å². The first-order valence-electron chi connectivity index (χ1n) is 10.0. The number of carbonyl (C=O) groups is 1. The predicted molar refractivity (Wildman–Crippen MR) is 122 cm³/mol. The van der Waals surface area contributed by atoms with Crippen molar-refractivity contribution in [2.75, 3.05) is 5.32 Å². The molecule has 152 valence electrons. The highest BCUT2D eigenvalue weighted by atomic mass is 35.5. The summed E-state index contributed by atoms with van der Waals surface area (Å²) in [6.45, 7) is 6.29. The van der Waals surface area contributed by atoms with E-state index in [1.54, 1.807) is 12.1 Å². The Hall–Kier alpha value is -3.11. The first-order valence-corrected chi connectivity index (χ1v) is 10.4. The quantitative estimate of drug-likeness (QED) is 0.372. The summed E-state index contributed by atoms with van der Waals surface area (Å²) in [5, 5.41) is 3.46. The van der Waals surface area contributed by atoms with Gasteiger partial charge in [-0.25, -0.2) is 4.98 Å². The van der Waals surface area contributed by atoms with Crippen molar-refractivity contribution < 1.29 is 9.21 Å². The zero-order valence-corrected chi connectivity index (χ0v) is 18.0. The molecule has 1 N–H and O–H groups in total. The van der Waals surface area contributed by atoms with E-state index in [0.717, 1.165) is 28.6 Å². The zero-order valence-electron chi connectivity index (χ0n) is 17.2. The van der Waals surface area contributed by atoms with Crippen molar-refractivity contribution in [3.8, 4) is 11.5 Å². The van der Waals surface area contributed by atoms with Gasteiger partial charge in [-0.2, -0.15) is 0 Å². The van der Waals surface area contributed by atoms with E-state index in [9.17, 15) is 4.79 Å². The molecule has 3 aromatic carbocycles. The molecule has 0 aliphatic carbocycles. The molecule has 0 bridgehead atoms. The minimum atomic E-state index is -0.205. The molecule has 0 fully saturated rings. The molecule has 30 heavy (non-hydrogen) atoms. The molecule has 0 unspecified atom stereocenters. The molecule has 1 atom stereocenters. The van der Waals surface area contributed by atoms with Crippen LogP contribution in [0.3, 0.4) is 0 Å². The van der Waals surface area contributed by atoms with Gasteiger partial charge in [0.05, 0.1) is 0 Å². The van der Waals surface area contributed by atoms with Crippen molar-refractivity contribution in [1.82, 2.24) is 4.98 Å². The van der Waals surface area contributed by atoms with E-state index in [0.29, 0.717) is 28.1 Å². The maximum absolute atomic E-state index is 12.5. The number of fused-ring (bicyclic) bond motifs is 1. The van der Waals surface area contributed by atoms with Gasteiger partial charge >= 0.3 is 0 Å². The molecule has 0 radical (unpaired) electrons. The van der Waals surface area contributed by atoms with Gasteiger partial charge in [0.1, 0.15) is 5.52 Å². The molecule has 4 nitrogen and oxygen atoms in total. The van der Waals surface area contributed by atoms with Crippen LogP contribution in [-0.4, -0.2) is 10.9 Å². The lowest BCUT2D eigenvalue weighted by molar-refractivity contribution is 0.102. The molecule has 1 aromatic heterocycles. The number of halogens is 1. The van der Waals surface area contributed by atoms with Crippen LogP contribution in [0.2, 0.25) is 5.02 Å². The second kappa shape index (κ2) is 8.33. The van der Waals surface area contributed by atoms with E-state index < -0.39 is 0 Å². The fraction of sp³-hybridized carbons (Fsp3) is 0.200. The van der Waals surface area contributed by atoms with E-state index in [1.165, 1.54) is 5.56 Å². The van der Waals surface area contributed by atoms with E-state index in [1.807, 2.05) is 43.3 Å². The van der Waals surface area contributed by atoms with Gasteiger partial charge in [0.15, 0.2) is 5.58 Å². The van der Waals surface area contributed by atoms with Crippen molar-refractivity contribution in [3.63, 3.8) is 0 Å². The van der Waals surface area contributed by atoms with Gasteiger partial charge in [0, 0.05) is 21.8 Å². The van der Waals surface area contributed by atoms with E-state index in [2.05, 4.69) is 36.3 Å². The molecule has 1 amide bonds. The van der Waals surface area contributed by atoms with Gasteiger partial charge in [0.2, 0.25) is 5.89 Å². The average Bonchev–Trinajstić information content (AvgIpc) is 3.19. The number of nitrogens with zero attached hydrogens (tertiary/aromatic N) is 1. The van der Waals surface area contributed by atoms with Crippen molar-refractivity contribution in [2.24, 2.45) is 0 Å². The van der Waals surface area contributed by atoms with Crippen molar-refractivity contribution in [3.05, 3.63) is 82.4 Å². The highest BCUT2D eigenvalue weighted by molar-refractivity contribution is 6.31. The number of amides is 1. The number of aromatic nitrogens is 1. The summed E-state index contributed by atoms with van der Waals surface area (Å²) in [5.74, 6) is 0.847. The van der Waals surface area contributed by atoms with Crippen molar-refractivity contribution in [2.45, 2.75) is 33.1 Å². The third-order valence-corrected chi connectivity index (χ3v) is 5.82. The largest absolute Gasteiger partial charge is 0.436 e. The second-order valence-electron chi connectivity index (χ2n) is 7.55. The molecule has 1 heterocycles. The topological polar surface area (TPSA) is 55.1 Å². The van der Waals surface area contributed by atoms with Gasteiger partial charge in [-0.05, 0) is 78.9 Å². The SMILES string of the molecule is CC[C@@H](C)c1ccc2oc(-c3ccc(NC(=O)c4ccc(C)c(Cl)c4)cc3)nc2c1. The minimum absolute atomic E-state index is 0.205. The van der Waals surface area contributed by atoms with Crippen LogP contribution in [0.5, 0.6) is 0 Å². The molecule has 4 aromatic rings. The minimum Gasteiger partial charge on any atom is -0.436 e. The van der Waals surface area contributed by atoms with Crippen molar-refractivity contribution >= 4 is 34.3 Å². The number of oxazole rings is 1. The van der Waals surface area contributed by atoms with Crippen molar-refractivity contribution in [1.29, 1.82) is 0 Å². The lowest BCUT2D eigenvalue weighted by atomic mass is 9.98. The Morgan fingerprint density at radius 2 is 1.87 bits per heavy atom. The normalized spacial score (nSPS) is 12.1. The molecular formula is C25H23ClN2O2. The number of rotatable bonds is 5. The lowest BCUT2D eigenvalue weighted by Gasteiger charge is -2.07. The number of aryl methyl sites for hydroxylation is 1. The lowest BCUT2D eigenvalue weighted by Crippen LogP contribution is -2.11. The predicted octanol–water partition coefficient (Wildman–Crippen LogP) is 7.22. The first kappa shape index (κ1) is 20.2. The standard InChI is InChI=1S/C25H23ClN2O2/c1-4-15(2)18-9-12-23-22(14-18)28-25(30-23)17-7-10-20(11-8-17)27-24(29)19-6-5-16(3)21(26)13-19/h5-15H,4H2,1-3H3,(H,27,29)/t15-/m1/s1. The second-order valence-corrected chi connectivity index (χ2v) is 7.96. The van der Waals surface area contributed by atoms with Crippen LogP contribution in [0.1, 0.15) is 47.7 Å². The Morgan fingerprint density at radius 1 is 1.10 bits per heavy atom. The Kier molecular flexibility index (Phi) is 5.60. The Bertz CT molecular complexity index is 1210.